The molecule has 0 spiro atoms. The van der Waals surface area contributed by atoms with Crippen LogP contribution in [0.15, 0.2) is 29.4 Å². The third kappa shape index (κ3) is 1.90. The molecule has 0 aliphatic carbocycles. The quantitative estimate of drug-likeness (QED) is 0.443. The first-order chi connectivity index (χ1) is 4.93. The second-order valence-electron chi connectivity index (χ2n) is 1.75. The number of benzene rings is 1. The lowest BCUT2D eigenvalue weighted by Gasteiger charge is -1.87. The van der Waals surface area contributed by atoms with Crippen molar-refractivity contribution in [1.82, 2.24) is 0 Å². The van der Waals surface area contributed by atoms with Crippen LogP contribution in [-0.4, -0.2) is 13.3 Å². The van der Waals surface area contributed by atoms with E-state index in [-0.39, 0.29) is 0 Å². The van der Waals surface area contributed by atoms with E-state index in [1.165, 1.54) is 7.11 Å². The fourth-order valence-corrected chi connectivity index (χ4v) is 0.599. The highest BCUT2D eigenvalue weighted by Crippen LogP contribution is 1.92. The number of hydrogen-bond donors (Lipinski definition) is 0. The molecule has 0 unspecified atom stereocenters. The highest BCUT2D eigenvalue weighted by molar-refractivity contribution is 5.78. The summed E-state index contributed by atoms with van der Waals surface area (Å²) in [6, 6.07) is 10.4. The van der Waals surface area contributed by atoms with Crippen LogP contribution in [0.1, 0.15) is 5.56 Å². The molecule has 51 valence electrons. The Morgan fingerprint density at radius 3 is 2.80 bits per heavy atom. The average molecular weight is 134 g/mol. The Hall–Kier alpha value is -1.31. The third-order valence-electron chi connectivity index (χ3n) is 1.05. The molecule has 0 saturated carbocycles. The van der Waals surface area contributed by atoms with E-state index in [2.05, 4.69) is 16.1 Å². The van der Waals surface area contributed by atoms with Gasteiger partial charge in [-0.15, -0.1) is 0 Å². The highest BCUT2D eigenvalue weighted by atomic mass is 16.6. The maximum absolute atomic E-state index is 4.50. The first-order valence-corrected chi connectivity index (χ1v) is 2.96. The monoisotopic (exact) mass is 134 g/mol. The van der Waals surface area contributed by atoms with Crippen LogP contribution >= 0.6 is 0 Å². The minimum absolute atomic E-state index is 1.01. The van der Waals surface area contributed by atoms with E-state index < -0.39 is 0 Å². The molecule has 0 aliphatic rings. The van der Waals surface area contributed by atoms with Crippen molar-refractivity contribution in [2.75, 3.05) is 7.11 Å². The Bertz CT molecular complexity index is 206. The smallest absolute Gasteiger partial charge is 0.106 e. The molecule has 0 atom stereocenters. The van der Waals surface area contributed by atoms with Crippen LogP contribution in [0.2, 0.25) is 0 Å². The van der Waals surface area contributed by atoms with Crippen molar-refractivity contribution in [2.45, 2.75) is 0 Å². The van der Waals surface area contributed by atoms with Crippen LogP contribution in [0.5, 0.6) is 0 Å². The average Bonchev–Trinajstić information content (AvgIpc) is 2.03. The van der Waals surface area contributed by atoms with Crippen molar-refractivity contribution < 1.29 is 4.84 Å². The topological polar surface area (TPSA) is 21.6 Å². The van der Waals surface area contributed by atoms with E-state index in [9.17, 15) is 0 Å². The lowest BCUT2D eigenvalue weighted by Crippen LogP contribution is -1.78. The first kappa shape index (κ1) is 6.81. The van der Waals surface area contributed by atoms with E-state index in [1.54, 1.807) is 6.21 Å². The molecule has 1 aromatic rings. The largest absolute Gasteiger partial charge is 0.399 e. The summed E-state index contributed by atoms with van der Waals surface area (Å²) in [4.78, 5) is 4.50. The van der Waals surface area contributed by atoms with Gasteiger partial charge in [0.2, 0.25) is 0 Å². The molecule has 0 N–H and O–H groups in total. The van der Waals surface area contributed by atoms with Crippen molar-refractivity contribution in [3.8, 4) is 0 Å². The predicted octanol–water partition coefficient (Wildman–Crippen LogP) is 1.47. The molecule has 0 heterocycles. The molecule has 10 heavy (non-hydrogen) atoms. The molecule has 0 bridgehead atoms. The first-order valence-electron chi connectivity index (χ1n) is 2.96. The lowest BCUT2D eigenvalue weighted by atomic mass is 10.2. The molecule has 0 amide bonds. The van der Waals surface area contributed by atoms with Gasteiger partial charge in [0.05, 0.1) is 6.21 Å². The van der Waals surface area contributed by atoms with E-state index in [1.807, 2.05) is 24.3 Å². The number of oxime groups is 1. The van der Waals surface area contributed by atoms with Gasteiger partial charge >= 0.3 is 0 Å². The molecule has 0 fully saturated rings. The van der Waals surface area contributed by atoms with Crippen molar-refractivity contribution in [2.24, 2.45) is 5.16 Å². The summed E-state index contributed by atoms with van der Waals surface area (Å²) >= 11 is 0. The van der Waals surface area contributed by atoms with Gasteiger partial charge in [-0.1, -0.05) is 29.4 Å². The van der Waals surface area contributed by atoms with Crippen LogP contribution in [-0.2, 0) is 4.84 Å². The van der Waals surface area contributed by atoms with Crippen LogP contribution in [0.25, 0.3) is 0 Å². The summed E-state index contributed by atoms with van der Waals surface area (Å²) in [5.74, 6) is 0. The van der Waals surface area contributed by atoms with Gasteiger partial charge in [-0.05, 0) is 11.6 Å². The fourth-order valence-electron chi connectivity index (χ4n) is 0.599. The molecule has 0 aliphatic heterocycles. The van der Waals surface area contributed by atoms with Gasteiger partial charge in [-0.2, -0.15) is 0 Å². The highest BCUT2D eigenvalue weighted by Gasteiger charge is 1.81. The van der Waals surface area contributed by atoms with Gasteiger partial charge < -0.3 is 4.84 Å². The lowest BCUT2D eigenvalue weighted by molar-refractivity contribution is 0.215. The molecular weight excluding hydrogens is 126 g/mol. The van der Waals surface area contributed by atoms with Gasteiger partial charge in [0.25, 0.3) is 0 Å². The Morgan fingerprint density at radius 1 is 1.50 bits per heavy atom. The van der Waals surface area contributed by atoms with Crippen LogP contribution in [0.4, 0.5) is 0 Å². The Balaban J connectivity index is 2.67. The van der Waals surface area contributed by atoms with Crippen LogP contribution in [0, 0.1) is 6.07 Å². The van der Waals surface area contributed by atoms with Gasteiger partial charge in [0.1, 0.15) is 7.11 Å². The summed E-state index contributed by atoms with van der Waals surface area (Å²) in [7, 11) is 1.52. The Kier molecular flexibility index (Phi) is 2.49. The van der Waals surface area contributed by atoms with E-state index in [0.717, 1.165) is 5.56 Å². The molecule has 1 radical (unpaired) electrons. The third-order valence-corrected chi connectivity index (χ3v) is 1.05. The molecule has 1 aromatic carbocycles. The SMILES string of the molecule is CO/N=C/c1cc[c]cc1. The summed E-state index contributed by atoms with van der Waals surface area (Å²) in [5, 5.41) is 3.60. The van der Waals surface area contributed by atoms with Gasteiger partial charge in [-0.25, -0.2) is 0 Å². The van der Waals surface area contributed by atoms with Gasteiger partial charge in [0, 0.05) is 0 Å². The summed E-state index contributed by atoms with van der Waals surface area (Å²) in [6.07, 6.45) is 1.65. The standard InChI is InChI=1S/C8H8NO/c1-10-9-7-8-5-3-2-4-6-8/h3-7H,1H3/b9-7+. The second-order valence-corrected chi connectivity index (χ2v) is 1.75. The zero-order valence-corrected chi connectivity index (χ0v) is 5.74. The van der Waals surface area contributed by atoms with Crippen molar-refractivity contribution in [1.29, 1.82) is 0 Å². The predicted molar refractivity (Wildman–Crippen MR) is 39.9 cm³/mol. The Morgan fingerprint density at radius 2 is 2.20 bits per heavy atom. The zero-order chi connectivity index (χ0) is 7.23. The van der Waals surface area contributed by atoms with E-state index in [4.69, 9.17) is 0 Å². The Labute approximate surface area is 60.1 Å². The number of hydrogen-bond acceptors (Lipinski definition) is 2. The van der Waals surface area contributed by atoms with E-state index in [0.29, 0.717) is 0 Å². The van der Waals surface area contributed by atoms with Crippen LogP contribution in [0.3, 0.4) is 0 Å². The van der Waals surface area contributed by atoms with Gasteiger partial charge in [-0.3, -0.25) is 0 Å². The molecule has 2 heteroatoms. The zero-order valence-electron chi connectivity index (χ0n) is 5.74. The molecule has 1 rings (SSSR count). The maximum Gasteiger partial charge on any atom is 0.106 e. The number of nitrogens with zero attached hydrogens (tertiary/aromatic N) is 1. The normalized spacial score (nSPS) is 10.1. The van der Waals surface area contributed by atoms with Gasteiger partial charge in [0.15, 0.2) is 0 Å². The molecule has 0 saturated heterocycles. The molecule has 0 aromatic heterocycles. The summed E-state index contributed by atoms with van der Waals surface area (Å²) in [5.41, 5.74) is 1.01. The van der Waals surface area contributed by atoms with Crippen molar-refractivity contribution in [3.63, 3.8) is 0 Å². The van der Waals surface area contributed by atoms with Crippen molar-refractivity contribution in [3.05, 3.63) is 35.9 Å². The fraction of sp³-hybridized carbons (Fsp3) is 0.125. The van der Waals surface area contributed by atoms with Crippen LogP contribution < -0.4 is 0 Å². The minimum atomic E-state index is 1.01. The maximum atomic E-state index is 4.50. The summed E-state index contributed by atoms with van der Waals surface area (Å²) in [6.45, 7) is 0. The number of rotatable bonds is 2. The summed E-state index contributed by atoms with van der Waals surface area (Å²) < 4.78 is 0. The molecular formula is C8H8NO. The second kappa shape index (κ2) is 3.67. The van der Waals surface area contributed by atoms with Crippen molar-refractivity contribution >= 4 is 6.21 Å². The minimum Gasteiger partial charge on any atom is -0.399 e. The van der Waals surface area contributed by atoms with E-state index >= 15 is 0 Å². The molecule has 2 nitrogen and oxygen atoms in total.